The van der Waals surface area contributed by atoms with Crippen molar-refractivity contribution in [3.63, 3.8) is 0 Å². The minimum atomic E-state index is -1.07. The van der Waals surface area contributed by atoms with E-state index in [1.54, 1.807) is 43.5 Å². The van der Waals surface area contributed by atoms with Gasteiger partial charge in [-0.25, -0.2) is 4.79 Å². The normalized spacial score (nSPS) is 12.8. The number of rotatable bonds is 1. The van der Waals surface area contributed by atoms with E-state index in [4.69, 9.17) is 21.1 Å². The first-order valence-electron chi connectivity index (χ1n) is 6.23. The summed E-state index contributed by atoms with van der Waals surface area (Å²) in [5.74, 6) is 1.69. The van der Waals surface area contributed by atoms with Gasteiger partial charge in [0.15, 0.2) is 5.75 Å². The van der Waals surface area contributed by atoms with Crippen LogP contribution < -0.4 is 14.4 Å². The van der Waals surface area contributed by atoms with Gasteiger partial charge >= 0.3 is 6.09 Å². The van der Waals surface area contributed by atoms with Crippen LogP contribution in [0.25, 0.3) is 0 Å². The van der Waals surface area contributed by atoms with Gasteiger partial charge in [-0.3, -0.25) is 4.90 Å². The van der Waals surface area contributed by atoms with Crippen LogP contribution in [0.1, 0.15) is 5.56 Å². The average Bonchev–Trinajstić information content (AvgIpc) is 2.63. The number of hydrogen-bond acceptors (Lipinski definition) is 3. The van der Waals surface area contributed by atoms with Crippen molar-refractivity contribution < 1.29 is 19.4 Å². The predicted octanol–water partition coefficient (Wildman–Crippen LogP) is 4.14. The molecule has 0 radical (unpaired) electrons. The van der Waals surface area contributed by atoms with Crippen LogP contribution in [0.2, 0.25) is 5.02 Å². The quantitative estimate of drug-likeness (QED) is 0.860. The number of carbonyl (C=O) groups is 1. The molecule has 5 nitrogen and oxygen atoms in total. The number of benzene rings is 2. The standard InChI is InChI=1S/C15H12ClNO4/c1-20-11-3-5-13-9(6-11)8-17(15(18)19)12-7-10(16)2-4-14(12)21-13/h2-7H,8H2,1H3,(H,18,19). The summed E-state index contributed by atoms with van der Waals surface area (Å²) in [7, 11) is 1.56. The van der Waals surface area contributed by atoms with Gasteiger partial charge in [0.2, 0.25) is 0 Å². The summed E-state index contributed by atoms with van der Waals surface area (Å²) in [6.07, 6.45) is -1.07. The first kappa shape index (κ1) is 13.6. The highest BCUT2D eigenvalue weighted by Gasteiger charge is 2.25. The van der Waals surface area contributed by atoms with Crippen molar-refractivity contribution in [1.29, 1.82) is 0 Å². The smallest absolute Gasteiger partial charge is 0.412 e. The van der Waals surface area contributed by atoms with Crippen molar-refractivity contribution in [1.82, 2.24) is 0 Å². The largest absolute Gasteiger partial charge is 0.497 e. The monoisotopic (exact) mass is 305 g/mol. The van der Waals surface area contributed by atoms with Crippen LogP contribution in [0, 0.1) is 0 Å². The number of carboxylic acid groups (broad SMARTS) is 1. The number of nitrogens with zero attached hydrogens (tertiary/aromatic N) is 1. The molecule has 2 aromatic rings. The maximum atomic E-state index is 11.5. The van der Waals surface area contributed by atoms with Gasteiger partial charge in [-0.1, -0.05) is 11.6 Å². The van der Waals surface area contributed by atoms with Crippen molar-refractivity contribution >= 4 is 23.4 Å². The molecule has 0 spiro atoms. The van der Waals surface area contributed by atoms with Crippen LogP contribution in [0.5, 0.6) is 17.2 Å². The summed E-state index contributed by atoms with van der Waals surface area (Å²) >= 11 is 5.96. The molecule has 1 heterocycles. The van der Waals surface area contributed by atoms with Gasteiger partial charge in [0.05, 0.1) is 19.3 Å². The summed E-state index contributed by atoms with van der Waals surface area (Å²) in [5.41, 5.74) is 1.15. The van der Waals surface area contributed by atoms with E-state index in [2.05, 4.69) is 0 Å². The van der Waals surface area contributed by atoms with E-state index in [1.165, 1.54) is 4.90 Å². The topological polar surface area (TPSA) is 59.0 Å². The van der Waals surface area contributed by atoms with Gasteiger partial charge in [-0.2, -0.15) is 0 Å². The highest BCUT2D eigenvalue weighted by Crippen LogP contribution is 2.41. The van der Waals surface area contributed by atoms with Gasteiger partial charge in [-0.05, 0) is 36.4 Å². The summed E-state index contributed by atoms with van der Waals surface area (Å²) in [5, 5.41) is 9.90. The fourth-order valence-corrected chi connectivity index (χ4v) is 2.40. The van der Waals surface area contributed by atoms with Crippen molar-refractivity contribution in [3.05, 3.63) is 47.0 Å². The number of fused-ring (bicyclic) bond motifs is 2. The molecule has 108 valence electrons. The lowest BCUT2D eigenvalue weighted by Gasteiger charge is -2.18. The van der Waals surface area contributed by atoms with Gasteiger partial charge in [0, 0.05) is 10.6 Å². The molecule has 1 aliphatic rings. The third kappa shape index (κ3) is 2.48. The molecule has 0 saturated heterocycles. The van der Waals surface area contributed by atoms with Crippen LogP contribution >= 0.6 is 11.6 Å². The fraction of sp³-hybridized carbons (Fsp3) is 0.133. The molecule has 0 aromatic heterocycles. The number of ether oxygens (including phenoxy) is 2. The Morgan fingerprint density at radius 3 is 2.76 bits per heavy atom. The van der Waals surface area contributed by atoms with Gasteiger partial charge in [0.1, 0.15) is 11.5 Å². The lowest BCUT2D eigenvalue weighted by atomic mass is 10.2. The number of methoxy groups -OCH3 is 1. The Balaban J connectivity index is 2.15. The van der Waals surface area contributed by atoms with Crippen LogP contribution in [-0.4, -0.2) is 18.3 Å². The maximum absolute atomic E-state index is 11.5. The molecule has 0 saturated carbocycles. The Morgan fingerprint density at radius 2 is 2.05 bits per heavy atom. The zero-order valence-corrected chi connectivity index (χ0v) is 11.9. The van der Waals surface area contributed by atoms with E-state index in [0.29, 0.717) is 28.0 Å². The summed E-state index contributed by atoms with van der Waals surface area (Å²) in [4.78, 5) is 12.7. The Morgan fingerprint density at radius 1 is 1.29 bits per heavy atom. The zero-order chi connectivity index (χ0) is 15.0. The molecule has 2 aromatic carbocycles. The summed E-state index contributed by atoms with van der Waals surface area (Å²) < 4.78 is 11.0. The minimum Gasteiger partial charge on any atom is -0.497 e. The Kier molecular flexibility index (Phi) is 3.35. The first-order valence-corrected chi connectivity index (χ1v) is 6.61. The van der Waals surface area contributed by atoms with Crippen molar-refractivity contribution in [2.45, 2.75) is 6.54 Å². The second-order valence-electron chi connectivity index (χ2n) is 4.56. The second-order valence-corrected chi connectivity index (χ2v) is 4.99. The maximum Gasteiger partial charge on any atom is 0.412 e. The molecule has 1 amide bonds. The molecule has 0 atom stereocenters. The van der Waals surface area contributed by atoms with Crippen molar-refractivity contribution in [3.8, 4) is 17.2 Å². The molecule has 1 N–H and O–H groups in total. The van der Waals surface area contributed by atoms with Crippen LogP contribution in [0.15, 0.2) is 36.4 Å². The lowest BCUT2D eigenvalue weighted by molar-refractivity contribution is 0.201. The number of hydrogen-bond donors (Lipinski definition) is 1. The molecule has 0 aliphatic carbocycles. The SMILES string of the molecule is COc1ccc2c(c1)CN(C(=O)O)c1cc(Cl)ccc1O2. The molecular formula is C15H12ClNO4. The highest BCUT2D eigenvalue weighted by molar-refractivity contribution is 6.31. The van der Waals surface area contributed by atoms with E-state index in [9.17, 15) is 9.90 Å². The average molecular weight is 306 g/mol. The third-order valence-corrected chi connectivity index (χ3v) is 3.49. The zero-order valence-electron chi connectivity index (χ0n) is 11.2. The molecule has 21 heavy (non-hydrogen) atoms. The van der Waals surface area contributed by atoms with Gasteiger partial charge in [0.25, 0.3) is 0 Å². The molecule has 6 heteroatoms. The van der Waals surface area contributed by atoms with E-state index in [0.717, 1.165) is 5.56 Å². The third-order valence-electron chi connectivity index (χ3n) is 3.26. The Bertz CT molecular complexity index is 717. The predicted molar refractivity (Wildman–Crippen MR) is 78.7 cm³/mol. The number of anilines is 1. The summed E-state index contributed by atoms with van der Waals surface area (Å²) in [6.45, 7) is 0.162. The number of halogens is 1. The molecule has 0 bridgehead atoms. The van der Waals surface area contributed by atoms with E-state index in [-0.39, 0.29) is 6.54 Å². The molecule has 1 aliphatic heterocycles. The van der Waals surface area contributed by atoms with E-state index < -0.39 is 6.09 Å². The Hall–Kier alpha value is -2.40. The first-order chi connectivity index (χ1) is 10.1. The van der Waals surface area contributed by atoms with Crippen LogP contribution in [0.3, 0.4) is 0 Å². The molecular weight excluding hydrogens is 294 g/mol. The Labute approximate surface area is 126 Å². The molecule has 0 unspecified atom stereocenters. The van der Waals surface area contributed by atoms with E-state index in [1.807, 2.05) is 0 Å². The van der Waals surface area contributed by atoms with Crippen molar-refractivity contribution in [2.24, 2.45) is 0 Å². The van der Waals surface area contributed by atoms with Gasteiger partial charge in [-0.15, -0.1) is 0 Å². The van der Waals surface area contributed by atoms with Crippen LogP contribution in [0.4, 0.5) is 10.5 Å². The van der Waals surface area contributed by atoms with Crippen LogP contribution in [-0.2, 0) is 6.54 Å². The van der Waals surface area contributed by atoms with E-state index >= 15 is 0 Å². The second kappa shape index (κ2) is 5.18. The number of amides is 1. The fourth-order valence-electron chi connectivity index (χ4n) is 2.24. The minimum absolute atomic E-state index is 0.162. The molecule has 3 rings (SSSR count). The highest BCUT2D eigenvalue weighted by atomic mass is 35.5. The van der Waals surface area contributed by atoms with Gasteiger partial charge < -0.3 is 14.6 Å². The van der Waals surface area contributed by atoms with Crippen molar-refractivity contribution in [2.75, 3.05) is 12.0 Å². The summed E-state index contributed by atoms with van der Waals surface area (Å²) in [6, 6.07) is 10.2. The lowest BCUT2D eigenvalue weighted by Crippen LogP contribution is -2.27. The molecule has 0 fully saturated rings.